The monoisotopic (exact) mass is 244 g/mol. The zero-order valence-electron chi connectivity index (χ0n) is 9.63. The fourth-order valence-corrected chi connectivity index (χ4v) is 1.69. The first-order valence-electron chi connectivity index (χ1n) is 5.49. The van der Waals surface area contributed by atoms with Crippen LogP contribution in [0.1, 0.15) is 31.9 Å². The molecule has 0 radical (unpaired) electrons. The Morgan fingerprint density at radius 3 is 2.69 bits per heavy atom. The molecule has 2 nitrogen and oxygen atoms in total. The van der Waals surface area contributed by atoms with Crippen LogP contribution in [0, 0.1) is 5.82 Å². The number of halogens is 2. The molecule has 0 saturated carbocycles. The van der Waals surface area contributed by atoms with Crippen molar-refractivity contribution in [3.8, 4) is 0 Å². The molecule has 2 atom stereocenters. The van der Waals surface area contributed by atoms with Gasteiger partial charge in [0.05, 0.1) is 0 Å². The standard InChI is InChI=1S/C12H18ClFN2/c1-3-8(2)16-12(7-15)10-5-4-9(13)6-11(10)14/h4-6,8,12,16H,3,7,15H2,1-2H3. The molecule has 0 bridgehead atoms. The summed E-state index contributed by atoms with van der Waals surface area (Å²) >= 11 is 5.71. The lowest BCUT2D eigenvalue weighted by molar-refractivity contribution is 0.437. The van der Waals surface area contributed by atoms with Gasteiger partial charge in [0.25, 0.3) is 0 Å². The predicted octanol–water partition coefficient (Wildman–Crippen LogP) is 2.87. The lowest BCUT2D eigenvalue weighted by Gasteiger charge is -2.22. The van der Waals surface area contributed by atoms with E-state index in [1.165, 1.54) is 6.07 Å². The van der Waals surface area contributed by atoms with Crippen LogP contribution in [0.2, 0.25) is 5.02 Å². The molecular formula is C12H18ClFN2. The minimum atomic E-state index is -0.307. The van der Waals surface area contributed by atoms with E-state index in [2.05, 4.69) is 19.2 Å². The molecule has 0 amide bonds. The second-order valence-corrected chi connectivity index (χ2v) is 4.37. The lowest BCUT2D eigenvalue weighted by atomic mass is 10.0. The first-order valence-corrected chi connectivity index (χ1v) is 5.87. The SMILES string of the molecule is CCC(C)NC(CN)c1ccc(Cl)cc1F. The van der Waals surface area contributed by atoms with Crippen molar-refractivity contribution < 1.29 is 4.39 Å². The minimum Gasteiger partial charge on any atom is -0.329 e. The van der Waals surface area contributed by atoms with Crippen LogP contribution >= 0.6 is 11.6 Å². The van der Waals surface area contributed by atoms with E-state index in [1.54, 1.807) is 12.1 Å². The van der Waals surface area contributed by atoms with Gasteiger partial charge < -0.3 is 11.1 Å². The van der Waals surface area contributed by atoms with Crippen molar-refractivity contribution in [2.24, 2.45) is 5.73 Å². The van der Waals surface area contributed by atoms with Gasteiger partial charge in [-0.2, -0.15) is 0 Å². The summed E-state index contributed by atoms with van der Waals surface area (Å²) in [5.41, 5.74) is 6.23. The Morgan fingerprint density at radius 2 is 2.19 bits per heavy atom. The van der Waals surface area contributed by atoms with E-state index in [1.807, 2.05) is 0 Å². The van der Waals surface area contributed by atoms with Crippen LogP contribution in [0.15, 0.2) is 18.2 Å². The molecule has 0 saturated heterocycles. The highest BCUT2D eigenvalue weighted by Gasteiger charge is 2.15. The Hall–Kier alpha value is -0.640. The van der Waals surface area contributed by atoms with Crippen molar-refractivity contribution in [1.82, 2.24) is 5.32 Å². The summed E-state index contributed by atoms with van der Waals surface area (Å²) in [6.07, 6.45) is 0.978. The third kappa shape index (κ3) is 3.44. The summed E-state index contributed by atoms with van der Waals surface area (Å²) in [4.78, 5) is 0. The highest BCUT2D eigenvalue weighted by Crippen LogP contribution is 2.20. The van der Waals surface area contributed by atoms with Crippen LogP contribution in [0.5, 0.6) is 0 Å². The van der Waals surface area contributed by atoms with Gasteiger partial charge in [-0.3, -0.25) is 0 Å². The molecule has 0 aliphatic rings. The molecule has 1 aromatic carbocycles. The molecular weight excluding hydrogens is 227 g/mol. The number of nitrogens with one attached hydrogen (secondary N) is 1. The molecule has 2 unspecified atom stereocenters. The smallest absolute Gasteiger partial charge is 0.129 e. The van der Waals surface area contributed by atoms with Crippen LogP contribution < -0.4 is 11.1 Å². The summed E-state index contributed by atoms with van der Waals surface area (Å²) < 4.78 is 13.7. The fraction of sp³-hybridized carbons (Fsp3) is 0.500. The first-order chi connectivity index (χ1) is 7.58. The highest BCUT2D eigenvalue weighted by atomic mass is 35.5. The Kier molecular flexibility index (Phi) is 5.19. The van der Waals surface area contributed by atoms with Crippen molar-refractivity contribution in [2.75, 3.05) is 6.54 Å². The summed E-state index contributed by atoms with van der Waals surface area (Å²) in [6.45, 7) is 4.49. The maximum absolute atomic E-state index is 13.7. The van der Waals surface area contributed by atoms with Crippen LogP contribution in [-0.4, -0.2) is 12.6 Å². The van der Waals surface area contributed by atoms with Crippen LogP contribution in [0.25, 0.3) is 0 Å². The van der Waals surface area contributed by atoms with Gasteiger partial charge in [-0.1, -0.05) is 24.6 Å². The molecule has 90 valence electrons. The van der Waals surface area contributed by atoms with Crippen molar-refractivity contribution in [2.45, 2.75) is 32.4 Å². The van der Waals surface area contributed by atoms with Gasteiger partial charge in [-0.25, -0.2) is 4.39 Å². The van der Waals surface area contributed by atoms with Gasteiger partial charge in [0.2, 0.25) is 0 Å². The third-order valence-corrected chi connectivity index (χ3v) is 2.91. The average Bonchev–Trinajstić information content (AvgIpc) is 2.26. The van der Waals surface area contributed by atoms with E-state index in [-0.39, 0.29) is 11.9 Å². The molecule has 4 heteroatoms. The van der Waals surface area contributed by atoms with E-state index in [9.17, 15) is 4.39 Å². The van der Waals surface area contributed by atoms with Crippen LogP contribution in [0.3, 0.4) is 0 Å². The van der Waals surface area contributed by atoms with Gasteiger partial charge >= 0.3 is 0 Å². The van der Waals surface area contributed by atoms with Crippen molar-refractivity contribution >= 4 is 11.6 Å². The maximum Gasteiger partial charge on any atom is 0.129 e. The zero-order valence-corrected chi connectivity index (χ0v) is 10.4. The Balaban J connectivity index is 2.86. The minimum absolute atomic E-state index is 0.160. The zero-order chi connectivity index (χ0) is 12.1. The molecule has 16 heavy (non-hydrogen) atoms. The van der Waals surface area contributed by atoms with Gasteiger partial charge in [0, 0.05) is 29.2 Å². The molecule has 3 N–H and O–H groups in total. The van der Waals surface area contributed by atoms with Crippen molar-refractivity contribution in [3.63, 3.8) is 0 Å². The molecule has 0 aliphatic carbocycles. The third-order valence-electron chi connectivity index (χ3n) is 2.67. The van der Waals surface area contributed by atoms with Gasteiger partial charge in [-0.15, -0.1) is 0 Å². The fourth-order valence-electron chi connectivity index (χ4n) is 1.53. The van der Waals surface area contributed by atoms with Gasteiger partial charge in [0.1, 0.15) is 5.82 Å². The van der Waals surface area contributed by atoms with Crippen molar-refractivity contribution in [1.29, 1.82) is 0 Å². The second kappa shape index (κ2) is 6.18. The largest absolute Gasteiger partial charge is 0.329 e. The van der Waals surface area contributed by atoms with Crippen LogP contribution in [0.4, 0.5) is 4.39 Å². The van der Waals surface area contributed by atoms with E-state index < -0.39 is 0 Å². The Morgan fingerprint density at radius 1 is 1.50 bits per heavy atom. The molecule has 0 fully saturated rings. The number of rotatable bonds is 5. The Bertz CT molecular complexity index is 344. The van der Waals surface area contributed by atoms with Gasteiger partial charge in [-0.05, 0) is 25.5 Å². The van der Waals surface area contributed by atoms with Gasteiger partial charge in [0.15, 0.2) is 0 Å². The van der Waals surface area contributed by atoms with E-state index in [4.69, 9.17) is 17.3 Å². The summed E-state index contributed by atoms with van der Waals surface area (Å²) in [5, 5.41) is 3.69. The predicted molar refractivity (Wildman–Crippen MR) is 66.1 cm³/mol. The molecule has 0 aliphatic heterocycles. The molecule has 1 rings (SSSR count). The lowest BCUT2D eigenvalue weighted by Crippen LogP contribution is -2.35. The number of hydrogen-bond donors (Lipinski definition) is 2. The molecule has 1 aromatic rings. The van der Waals surface area contributed by atoms with E-state index in [0.29, 0.717) is 23.2 Å². The summed E-state index contributed by atoms with van der Waals surface area (Å²) in [6, 6.07) is 4.83. The molecule has 0 aromatic heterocycles. The first kappa shape index (κ1) is 13.4. The van der Waals surface area contributed by atoms with Crippen molar-refractivity contribution in [3.05, 3.63) is 34.6 Å². The number of hydrogen-bond acceptors (Lipinski definition) is 2. The normalized spacial score (nSPS) is 14.8. The molecule has 0 spiro atoms. The van der Waals surface area contributed by atoms with E-state index in [0.717, 1.165) is 6.42 Å². The maximum atomic E-state index is 13.7. The second-order valence-electron chi connectivity index (χ2n) is 3.93. The molecule has 0 heterocycles. The summed E-state index contributed by atoms with van der Waals surface area (Å²) in [7, 11) is 0. The topological polar surface area (TPSA) is 38.0 Å². The Labute approximate surface area is 101 Å². The number of benzene rings is 1. The highest BCUT2D eigenvalue weighted by molar-refractivity contribution is 6.30. The quantitative estimate of drug-likeness (QED) is 0.836. The van der Waals surface area contributed by atoms with E-state index >= 15 is 0 Å². The number of nitrogens with two attached hydrogens (primary N) is 1. The van der Waals surface area contributed by atoms with Crippen LogP contribution in [-0.2, 0) is 0 Å². The average molecular weight is 245 g/mol. The summed E-state index contributed by atoms with van der Waals surface area (Å²) in [5.74, 6) is -0.307.